The number of thioether (sulfide) groups is 1. The number of halogens is 1. The molecule has 0 aliphatic carbocycles. The lowest BCUT2D eigenvalue weighted by atomic mass is 10.2. The third-order valence-corrected chi connectivity index (χ3v) is 5.68. The zero-order valence-corrected chi connectivity index (χ0v) is 15.5. The summed E-state index contributed by atoms with van der Waals surface area (Å²) < 4.78 is 5.51. The zero-order chi connectivity index (χ0) is 17.8. The van der Waals surface area contributed by atoms with Gasteiger partial charge >= 0.3 is 0 Å². The van der Waals surface area contributed by atoms with E-state index >= 15 is 0 Å². The lowest BCUT2D eigenvalue weighted by Gasteiger charge is -2.10. The maximum Gasteiger partial charge on any atom is 0.240 e. The number of ether oxygens (including phenoxy) is 1. The quantitative estimate of drug-likeness (QED) is 0.821. The molecule has 1 aromatic carbocycles. The Morgan fingerprint density at radius 3 is 3.12 bits per heavy atom. The van der Waals surface area contributed by atoms with Gasteiger partial charge in [0, 0.05) is 23.7 Å². The molecule has 0 bridgehead atoms. The second-order valence-corrected chi connectivity index (χ2v) is 7.64. The largest absolute Gasteiger partial charge is 0.376 e. The minimum Gasteiger partial charge on any atom is -0.376 e. The normalized spacial score (nSPS) is 24.6. The first-order valence-corrected chi connectivity index (χ1v) is 9.47. The van der Waals surface area contributed by atoms with Gasteiger partial charge in [-0.05, 0) is 37.5 Å². The van der Waals surface area contributed by atoms with Crippen LogP contribution in [-0.2, 0) is 14.3 Å². The molecule has 2 N–H and O–H groups in total. The number of amides is 2. The summed E-state index contributed by atoms with van der Waals surface area (Å²) in [4.78, 5) is 28.7. The number of nitrogens with one attached hydrogen (secondary N) is 2. The lowest BCUT2D eigenvalue weighted by molar-refractivity contribution is -0.122. The van der Waals surface area contributed by atoms with Crippen LogP contribution < -0.4 is 10.6 Å². The fraction of sp³-hybridized carbons (Fsp3) is 0.471. The molecular weight excluding hydrogens is 362 g/mol. The van der Waals surface area contributed by atoms with E-state index in [0.29, 0.717) is 22.4 Å². The molecule has 25 heavy (non-hydrogen) atoms. The van der Waals surface area contributed by atoms with Crippen molar-refractivity contribution in [3.05, 3.63) is 28.8 Å². The Bertz CT molecular complexity index is 704. The van der Waals surface area contributed by atoms with Gasteiger partial charge in [-0.3, -0.25) is 14.6 Å². The van der Waals surface area contributed by atoms with Crippen LogP contribution in [0.1, 0.15) is 24.8 Å². The first-order valence-electron chi connectivity index (χ1n) is 8.21. The average molecular weight is 382 g/mol. The minimum atomic E-state index is -0.470. The number of rotatable bonds is 5. The number of carbonyl (C=O) groups is 2. The number of anilines is 1. The number of amidine groups is 1. The van der Waals surface area contributed by atoms with Gasteiger partial charge in [-0.25, -0.2) is 0 Å². The van der Waals surface area contributed by atoms with Crippen molar-refractivity contribution in [3.63, 3.8) is 0 Å². The van der Waals surface area contributed by atoms with Gasteiger partial charge in [0.15, 0.2) is 5.17 Å². The van der Waals surface area contributed by atoms with Crippen LogP contribution in [0.5, 0.6) is 0 Å². The van der Waals surface area contributed by atoms with Crippen molar-refractivity contribution >= 4 is 46.0 Å². The molecule has 0 saturated carbocycles. The highest BCUT2D eigenvalue weighted by Crippen LogP contribution is 2.26. The maximum atomic E-state index is 12.2. The second kappa shape index (κ2) is 8.21. The fourth-order valence-electron chi connectivity index (χ4n) is 2.70. The van der Waals surface area contributed by atoms with Crippen molar-refractivity contribution in [2.24, 2.45) is 4.99 Å². The van der Waals surface area contributed by atoms with Crippen LogP contribution in [0.4, 0.5) is 5.69 Å². The van der Waals surface area contributed by atoms with E-state index in [0.717, 1.165) is 25.0 Å². The molecule has 2 atom stereocenters. The van der Waals surface area contributed by atoms with Crippen LogP contribution in [-0.4, -0.2) is 41.5 Å². The van der Waals surface area contributed by atoms with Crippen molar-refractivity contribution in [2.45, 2.75) is 37.5 Å². The van der Waals surface area contributed by atoms with Crippen LogP contribution in [0.15, 0.2) is 23.2 Å². The highest BCUT2D eigenvalue weighted by atomic mass is 35.5. The van der Waals surface area contributed by atoms with Gasteiger partial charge < -0.3 is 15.4 Å². The van der Waals surface area contributed by atoms with Crippen LogP contribution in [0.2, 0.25) is 5.02 Å². The predicted octanol–water partition coefficient (Wildman–Crippen LogP) is 2.74. The van der Waals surface area contributed by atoms with Crippen molar-refractivity contribution in [3.8, 4) is 0 Å². The molecule has 134 valence electrons. The van der Waals surface area contributed by atoms with Crippen molar-refractivity contribution in [2.75, 3.05) is 18.5 Å². The molecule has 2 amide bonds. The van der Waals surface area contributed by atoms with E-state index in [1.165, 1.54) is 11.8 Å². The van der Waals surface area contributed by atoms with Crippen LogP contribution >= 0.6 is 23.4 Å². The molecule has 2 heterocycles. The SMILES string of the molecule is Cc1c(Cl)cccc1NC(=O)C[C@@H]1SC(=NC[C@@H]2CCCO2)NC1=O. The molecule has 0 unspecified atom stereocenters. The Morgan fingerprint density at radius 2 is 2.36 bits per heavy atom. The predicted molar refractivity (Wildman–Crippen MR) is 100 cm³/mol. The van der Waals surface area contributed by atoms with E-state index in [-0.39, 0.29) is 24.3 Å². The standard InChI is InChI=1S/C17H20ClN3O3S/c1-10-12(18)5-2-6-13(10)20-15(22)8-14-16(23)21-17(25-14)19-9-11-4-3-7-24-11/h2,5-6,11,14H,3-4,7-9H2,1H3,(H,20,22)(H,19,21,23)/t11-,14-/m0/s1. The number of nitrogens with zero attached hydrogens (tertiary/aromatic N) is 1. The van der Waals surface area contributed by atoms with E-state index in [1.807, 2.05) is 6.92 Å². The molecule has 0 aromatic heterocycles. The number of hydrogen-bond acceptors (Lipinski definition) is 5. The zero-order valence-electron chi connectivity index (χ0n) is 13.9. The summed E-state index contributed by atoms with van der Waals surface area (Å²) in [5.41, 5.74) is 1.47. The molecule has 2 aliphatic rings. The molecule has 2 aliphatic heterocycles. The minimum absolute atomic E-state index is 0.0847. The Balaban J connectivity index is 1.53. The third kappa shape index (κ3) is 4.74. The monoisotopic (exact) mass is 381 g/mol. The Hall–Kier alpha value is -1.57. The highest BCUT2D eigenvalue weighted by molar-refractivity contribution is 8.15. The number of carbonyl (C=O) groups excluding carboxylic acids is 2. The van der Waals surface area contributed by atoms with E-state index in [9.17, 15) is 9.59 Å². The number of benzene rings is 1. The van der Waals surface area contributed by atoms with Crippen molar-refractivity contribution < 1.29 is 14.3 Å². The highest BCUT2D eigenvalue weighted by Gasteiger charge is 2.32. The average Bonchev–Trinajstić information content (AvgIpc) is 3.20. The summed E-state index contributed by atoms with van der Waals surface area (Å²) in [5, 5.41) is 6.24. The number of aliphatic imine (C=N–C) groups is 1. The van der Waals surface area contributed by atoms with Gasteiger partial charge in [-0.15, -0.1) is 0 Å². The van der Waals surface area contributed by atoms with E-state index in [1.54, 1.807) is 18.2 Å². The molecule has 1 aromatic rings. The second-order valence-electron chi connectivity index (χ2n) is 6.04. The van der Waals surface area contributed by atoms with Gasteiger partial charge in [-0.2, -0.15) is 0 Å². The van der Waals surface area contributed by atoms with Crippen LogP contribution in [0.25, 0.3) is 0 Å². The molecular formula is C17H20ClN3O3S. The number of hydrogen-bond donors (Lipinski definition) is 2. The topological polar surface area (TPSA) is 79.8 Å². The van der Waals surface area contributed by atoms with Crippen molar-refractivity contribution in [1.29, 1.82) is 0 Å². The molecule has 8 heteroatoms. The Kier molecular flexibility index (Phi) is 5.98. The van der Waals surface area contributed by atoms with E-state index < -0.39 is 5.25 Å². The summed E-state index contributed by atoms with van der Waals surface area (Å²) >= 11 is 7.35. The van der Waals surface area contributed by atoms with Crippen LogP contribution in [0, 0.1) is 6.92 Å². The maximum absolute atomic E-state index is 12.2. The third-order valence-electron chi connectivity index (χ3n) is 4.15. The molecule has 0 radical (unpaired) electrons. The fourth-order valence-corrected chi connectivity index (χ4v) is 3.85. The van der Waals surface area contributed by atoms with E-state index in [4.69, 9.17) is 16.3 Å². The van der Waals surface area contributed by atoms with Gasteiger partial charge in [-0.1, -0.05) is 29.4 Å². The first kappa shape index (κ1) is 18.2. The van der Waals surface area contributed by atoms with E-state index in [2.05, 4.69) is 15.6 Å². The summed E-state index contributed by atoms with van der Waals surface area (Å²) in [6.07, 6.45) is 2.28. The molecule has 3 rings (SSSR count). The first-order chi connectivity index (χ1) is 12.0. The van der Waals surface area contributed by atoms with Gasteiger partial charge in [0.05, 0.1) is 12.6 Å². The summed E-state index contributed by atoms with van der Waals surface area (Å²) in [6.45, 7) is 3.16. The molecule has 2 saturated heterocycles. The summed E-state index contributed by atoms with van der Waals surface area (Å²) in [5.74, 6) is -0.410. The summed E-state index contributed by atoms with van der Waals surface area (Å²) in [7, 11) is 0. The van der Waals surface area contributed by atoms with Crippen LogP contribution in [0.3, 0.4) is 0 Å². The lowest BCUT2D eigenvalue weighted by Crippen LogP contribution is -2.28. The Labute approximate surface area is 155 Å². The van der Waals surface area contributed by atoms with Gasteiger partial charge in [0.2, 0.25) is 11.8 Å². The molecule has 2 fully saturated rings. The molecule has 0 spiro atoms. The molecule has 6 nitrogen and oxygen atoms in total. The smallest absolute Gasteiger partial charge is 0.240 e. The summed E-state index contributed by atoms with van der Waals surface area (Å²) in [6, 6.07) is 5.33. The van der Waals surface area contributed by atoms with Gasteiger partial charge in [0.25, 0.3) is 0 Å². The van der Waals surface area contributed by atoms with Crippen molar-refractivity contribution in [1.82, 2.24) is 5.32 Å². The Morgan fingerprint density at radius 1 is 1.52 bits per heavy atom. The van der Waals surface area contributed by atoms with Gasteiger partial charge in [0.1, 0.15) is 5.25 Å².